The Morgan fingerprint density at radius 1 is 1.53 bits per heavy atom. The van der Waals surface area contributed by atoms with E-state index in [-0.39, 0.29) is 6.10 Å². The van der Waals surface area contributed by atoms with E-state index < -0.39 is 12.0 Å². The van der Waals surface area contributed by atoms with Crippen molar-refractivity contribution in [2.75, 3.05) is 19.7 Å². The van der Waals surface area contributed by atoms with E-state index in [1.165, 1.54) is 0 Å². The Balaban J connectivity index is 1.81. The molecule has 1 aliphatic heterocycles. The standard InChI is InChI=1S/C14H26N2O3/c1-3-12-9-19-10(2)8-16(12)7-6-13(14(17)18)15-11-4-5-11/h10-13,15H,3-9H2,1-2H3,(H,17,18). The highest BCUT2D eigenvalue weighted by atomic mass is 16.5. The maximum absolute atomic E-state index is 11.2. The second kappa shape index (κ2) is 6.68. The number of carboxylic acid groups (broad SMARTS) is 1. The number of nitrogens with zero attached hydrogens (tertiary/aromatic N) is 1. The van der Waals surface area contributed by atoms with Gasteiger partial charge in [-0.15, -0.1) is 0 Å². The summed E-state index contributed by atoms with van der Waals surface area (Å²) in [6.45, 7) is 6.76. The monoisotopic (exact) mass is 270 g/mol. The van der Waals surface area contributed by atoms with Crippen LogP contribution in [0.4, 0.5) is 0 Å². The molecule has 0 aromatic carbocycles. The van der Waals surface area contributed by atoms with E-state index in [9.17, 15) is 9.90 Å². The van der Waals surface area contributed by atoms with Crippen LogP contribution in [0.25, 0.3) is 0 Å². The Morgan fingerprint density at radius 3 is 2.84 bits per heavy atom. The minimum Gasteiger partial charge on any atom is -0.480 e. The molecule has 3 unspecified atom stereocenters. The van der Waals surface area contributed by atoms with Crippen LogP contribution in [0.3, 0.4) is 0 Å². The predicted octanol–water partition coefficient (Wildman–Crippen LogP) is 1.08. The summed E-state index contributed by atoms with van der Waals surface area (Å²) in [6, 6.07) is 0.474. The minimum absolute atomic E-state index is 0.252. The summed E-state index contributed by atoms with van der Waals surface area (Å²) >= 11 is 0. The maximum Gasteiger partial charge on any atom is 0.320 e. The topological polar surface area (TPSA) is 61.8 Å². The predicted molar refractivity (Wildman–Crippen MR) is 73.3 cm³/mol. The summed E-state index contributed by atoms with van der Waals surface area (Å²) in [5, 5.41) is 12.5. The van der Waals surface area contributed by atoms with Crippen LogP contribution in [0.15, 0.2) is 0 Å². The molecule has 2 aliphatic rings. The van der Waals surface area contributed by atoms with Crippen molar-refractivity contribution >= 4 is 5.97 Å². The van der Waals surface area contributed by atoms with Crippen LogP contribution in [0, 0.1) is 0 Å². The first-order chi connectivity index (χ1) is 9.10. The molecule has 1 aliphatic carbocycles. The van der Waals surface area contributed by atoms with Crippen LogP contribution in [0.2, 0.25) is 0 Å². The van der Waals surface area contributed by atoms with Crippen molar-refractivity contribution in [2.45, 2.75) is 63.8 Å². The highest BCUT2D eigenvalue weighted by molar-refractivity contribution is 5.73. The maximum atomic E-state index is 11.2. The molecule has 2 fully saturated rings. The number of ether oxygens (including phenoxy) is 1. The lowest BCUT2D eigenvalue weighted by molar-refractivity contribution is -0.140. The van der Waals surface area contributed by atoms with Gasteiger partial charge in [0, 0.05) is 25.2 Å². The number of hydrogen-bond acceptors (Lipinski definition) is 4. The van der Waals surface area contributed by atoms with E-state index in [1.54, 1.807) is 0 Å². The highest BCUT2D eigenvalue weighted by Crippen LogP contribution is 2.21. The number of hydrogen-bond donors (Lipinski definition) is 2. The first-order valence-electron chi connectivity index (χ1n) is 7.44. The average Bonchev–Trinajstić information content (AvgIpc) is 3.18. The molecular formula is C14H26N2O3. The van der Waals surface area contributed by atoms with Crippen molar-refractivity contribution in [1.82, 2.24) is 10.2 Å². The summed E-state index contributed by atoms with van der Waals surface area (Å²) < 4.78 is 5.67. The molecule has 0 spiro atoms. The van der Waals surface area contributed by atoms with E-state index in [0.717, 1.165) is 39.0 Å². The number of carboxylic acids is 1. The second-order valence-electron chi connectivity index (χ2n) is 5.82. The van der Waals surface area contributed by atoms with Crippen molar-refractivity contribution in [3.05, 3.63) is 0 Å². The molecule has 1 saturated heterocycles. The van der Waals surface area contributed by atoms with Crippen molar-refractivity contribution in [3.8, 4) is 0 Å². The minimum atomic E-state index is -0.721. The number of aliphatic carboxylic acids is 1. The number of carbonyl (C=O) groups is 1. The van der Waals surface area contributed by atoms with Crippen LogP contribution in [-0.2, 0) is 9.53 Å². The molecule has 19 heavy (non-hydrogen) atoms. The van der Waals surface area contributed by atoms with E-state index in [4.69, 9.17) is 4.74 Å². The van der Waals surface area contributed by atoms with Gasteiger partial charge in [-0.1, -0.05) is 6.92 Å². The van der Waals surface area contributed by atoms with E-state index in [2.05, 4.69) is 24.1 Å². The van der Waals surface area contributed by atoms with E-state index in [0.29, 0.717) is 18.5 Å². The summed E-state index contributed by atoms with van der Waals surface area (Å²) in [7, 11) is 0. The molecule has 110 valence electrons. The molecule has 3 atom stereocenters. The van der Waals surface area contributed by atoms with Crippen LogP contribution >= 0.6 is 0 Å². The van der Waals surface area contributed by atoms with Gasteiger partial charge in [-0.05, 0) is 32.6 Å². The lowest BCUT2D eigenvalue weighted by Gasteiger charge is -2.38. The Kier molecular flexibility index (Phi) is 5.19. The molecule has 0 aromatic heterocycles. The smallest absolute Gasteiger partial charge is 0.320 e. The van der Waals surface area contributed by atoms with E-state index >= 15 is 0 Å². The van der Waals surface area contributed by atoms with Gasteiger partial charge >= 0.3 is 5.97 Å². The van der Waals surface area contributed by atoms with Crippen LogP contribution in [0.1, 0.15) is 39.5 Å². The van der Waals surface area contributed by atoms with E-state index in [1.807, 2.05) is 0 Å². The molecule has 1 heterocycles. The zero-order valence-electron chi connectivity index (χ0n) is 12.0. The molecular weight excluding hydrogens is 244 g/mol. The normalized spacial score (nSPS) is 30.2. The van der Waals surface area contributed by atoms with Gasteiger partial charge in [0.05, 0.1) is 12.7 Å². The van der Waals surface area contributed by atoms with Crippen molar-refractivity contribution in [3.63, 3.8) is 0 Å². The third-order valence-electron chi connectivity index (χ3n) is 4.07. The lowest BCUT2D eigenvalue weighted by Crippen LogP contribution is -2.50. The SMILES string of the molecule is CCC1COC(C)CN1CCC(NC1CC1)C(=O)O. The highest BCUT2D eigenvalue weighted by Gasteiger charge is 2.30. The van der Waals surface area contributed by atoms with Gasteiger partial charge < -0.3 is 15.2 Å². The molecule has 0 aromatic rings. The third-order valence-corrected chi connectivity index (χ3v) is 4.07. The van der Waals surface area contributed by atoms with Gasteiger partial charge in [-0.25, -0.2) is 0 Å². The molecule has 0 bridgehead atoms. The van der Waals surface area contributed by atoms with Crippen LogP contribution in [0.5, 0.6) is 0 Å². The Bertz CT molecular complexity index is 307. The number of morpholine rings is 1. The summed E-state index contributed by atoms with van der Waals surface area (Å²) in [6.07, 6.45) is 4.23. The summed E-state index contributed by atoms with van der Waals surface area (Å²) in [4.78, 5) is 13.6. The number of rotatable bonds is 7. The first kappa shape index (κ1) is 14.8. The van der Waals surface area contributed by atoms with Gasteiger partial charge in [-0.3, -0.25) is 9.69 Å². The van der Waals surface area contributed by atoms with Crippen LogP contribution < -0.4 is 5.32 Å². The second-order valence-corrected chi connectivity index (χ2v) is 5.82. The van der Waals surface area contributed by atoms with Gasteiger partial charge in [-0.2, -0.15) is 0 Å². The molecule has 1 saturated carbocycles. The summed E-state index contributed by atoms with van der Waals surface area (Å²) in [5.41, 5.74) is 0. The largest absolute Gasteiger partial charge is 0.480 e. The zero-order chi connectivity index (χ0) is 13.8. The average molecular weight is 270 g/mol. The zero-order valence-corrected chi connectivity index (χ0v) is 12.0. The Morgan fingerprint density at radius 2 is 2.26 bits per heavy atom. The molecule has 0 radical (unpaired) electrons. The lowest BCUT2D eigenvalue weighted by atomic mass is 10.1. The Labute approximate surface area is 115 Å². The number of nitrogens with one attached hydrogen (secondary N) is 1. The Hall–Kier alpha value is -0.650. The van der Waals surface area contributed by atoms with Crippen LogP contribution in [-0.4, -0.2) is 59.9 Å². The van der Waals surface area contributed by atoms with Gasteiger partial charge in [0.1, 0.15) is 6.04 Å². The molecule has 5 nitrogen and oxygen atoms in total. The first-order valence-corrected chi connectivity index (χ1v) is 7.44. The fourth-order valence-corrected chi connectivity index (χ4v) is 2.67. The van der Waals surface area contributed by atoms with Gasteiger partial charge in [0.25, 0.3) is 0 Å². The van der Waals surface area contributed by atoms with Crippen molar-refractivity contribution in [1.29, 1.82) is 0 Å². The fraction of sp³-hybridized carbons (Fsp3) is 0.929. The van der Waals surface area contributed by atoms with Gasteiger partial charge in [0.15, 0.2) is 0 Å². The summed E-state index contributed by atoms with van der Waals surface area (Å²) in [5.74, 6) is -0.721. The van der Waals surface area contributed by atoms with Crippen molar-refractivity contribution in [2.24, 2.45) is 0 Å². The quantitative estimate of drug-likeness (QED) is 0.725. The molecule has 2 N–H and O–H groups in total. The fourth-order valence-electron chi connectivity index (χ4n) is 2.67. The van der Waals surface area contributed by atoms with Crippen molar-refractivity contribution < 1.29 is 14.6 Å². The van der Waals surface area contributed by atoms with Gasteiger partial charge in [0.2, 0.25) is 0 Å². The molecule has 0 amide bonds. The third kappa shape index (κ3) is 4.44. The molecule has 2 rings (SSSR count). The molecule has 5 heteroatoms.